The summed E-state index contributed by atoms with van der Waals surface area (Å²) in [6.45, 7) is 0.838. The van der Waals surface area contributed by atoms with Gasteiger partial charge in [0.1, 0.15) is 6.54 Å². The summed E-state index contributed by atoms with van der Waals surface area (Å²) < 4.78 is 5.51. The first-order valence-electron chi connectivity index (χ1n) is 6.99. The zero-order valence-electron chi connectivity index (χ0n) is 12.1. The Labute approximate surface area is 123 Å². The van der Waals surface area contributed by atoms with Crippen LogP contribution in [0.25, 0.3) is 0 Å². The van der Waals surface area contributed by atoms with Gasteiger partial charge in [-0.05, 0) is 25.0 Å². The van der Waals surface area contributed by atoms with Gasteiger partial charge < -0.3 is 14.7 Å². The lowest BCUT2D eigenvalue weighted by atomic mass is 10.2. The van der Waals surface area contributed by atoms with E-state index in [0.29, 0.717) is 12.2 Å². The Balaban J connectivity index is 2.08. The lowest BCUT2D eigenvalue weighted by Gasteiger charge is -2.28. The molecule has 1 saturated heterocycles. The number of hydrogen-bond donors (Lipinski definition) is 1. The highest BCUT2D eigenvalue weighted by Gasteiger charge is 2.25. The third-order valence-corrected chi connectivity index (χ3v) is 3.42. The number of carbonyl (C=O) groups is 2. The van der Waals surface area contributed by atoms with Crippen LogP contribution in [-0.4, -0.2) is 54.9 Å². The first-order chi connectivity index (χ1) is 10.1. The molecule has 1 aromatic rings. The second-order valence-electron chi connectivity index (χ2n) is 5.11. The highest BCUT2D eigenvalue weighted by atomic mass is 16.5. The zero-order valence-corrected chi connectivity index (χ0v) is 12.1. The number of carboxylic acid groups (broad SMARTS) is 1. The Morgan fingerprint density at radius 2 is 2.05 bits per heavy atom. The maximum Gasteiger partial charge on any atom is 0.324 e. The number of hydrogen-bond acceptors (Lipinski definition) is 3. The van der Waals surface area contributed by atoms with Crippen molar-refractivity contribution in [2.24, 2.45) is 0 Å². The summed E-state index contributed by atoms with van der Waals surface area (Å²) in [6.07, 6.45) is 1.98. The van der Waals surface area contributed by atoms with Crippen LogP contribution in [0.15, 0.2) is 30.3 Å². The molecule has 1 aliphatic heterocycles. The van der Waals surface area contributed by atoms with E-state index in [1.807, 2.05) is 6.07 Å². The minimum atomic E-state index is -1.04. The number of carboxylic acids is 1. The van der Waals surface area contributed by atoms with E-state index in [0.717, 1.165) is 19.4 Å². The Morgan fingerprint density at radius 3 is 2.62 bits per heavy atom. The van der Waals surface area contributed by atoms with Crippen molar-refractivity contribution >= 4 is 17.7 Å². The quantitative estimate of drug-likeness (QED) is 0.898. The summed E-state index contributed by atoms with van der Waals surface area (Å²) in [5.74, 6) is -1.04. The fraction of sp³-hybridized carbons (Fsp3) is 0.467. The van der Waals surface area contributed by atoms with E-state index in [1.54, 1.807) is 31.3 Å². The standard InChI is InChI=1S/C15H20N2O4/c1-16(10-13-8-5-9-21-13)15(20)17(11-14(18)19)12-6-3-2-4-7-12/h2-4,6-7,13H,5,8-11H2,1H3,(H,18,19). The molecule has 114 valence electrons. The van der Waals surface area contributed by atoms with Gasteiger partial charge in [0.15, 0.2) is 0 Å². The number of rotatable bonds is 5. The van der Waals surface area contributed by atoms with Crippen molar-refractivity contribution in [1.82, 2.24) is 4.90 Å². The van der Waals surface area contributed by atoms with Crippen LogP contribution in [0.4, 0.5) is 10.5 Å². The van der Waals surface area contributed by atoms with Crippen molar-refractivity contribution in [3.63, 3.8) is 0 Å². The van der Waals surface area contributed by atoms with Crippen molar-refractivity contribution < 1.29 is 19.4 Å². The molecule has 1 unspecified atom stereocenters. The van der Waals surface area contributed by atoms with Gasteiger partial charge in [0.2, 0.25) is 0 Å². The van der Waals surface area contributed by atoms with Crippen molar-refractivity contribution in [2.45, 2.75) is 18.9 Å². The van der Waals surface area contributed by atoms with Crippen LogP contribution < -0.4 is 4.90 Å². The molecule has 1 N–H and O–H groups in total. The molecule has 2 amide bonds. The van der Waals surface area contributed by atoms with Gasteiger partial charge in [-0.15, -0.1) is 0 Å². The molecule has 6 heteroatoms. The fourth-order valence-corrected chi connectivity index (χ4v) is 2.39. The van der Waals surface area contributed by atoms with E-state index < -0.39 is 5.97 Å². The van der Waals surface area contributed by atoms with Gasteiger partial charge in [0.25, 0.3) is 0 Å². The number of nitrogens with zero attached hydrogens (tertiary/aromatic N) is 2. The van der Waals surface area contributed by atoms with Crippen molar-refractivity contribution in [1.29, 1.82) is 0 Å². The van der Waals surface area contributed by atoms with Crippen LogP contribution in [0.2, 0.25) is 0 Å². The molecule has 1 atom stereocenters. The molecular formula is C15H20N2O4. The molecule has 0 spiro atoms. The first-order valence-corrected chi connectivity index (χ1v) is 6.99. The molecule has 2 rings (SSSR count). The van der Waals surface area contributed by atoms with Gasteiger partial charge in [-0.2, -0.15) is 0 Å². The SMILES string of the molecule is CN(CC1CCCO1)C(=O)N(CC(=O)O)c1ccccc1. The van der Waals surface area contributed by atoms with Gasteiger partial charge in [0, 0.05) is 25.9 Å². The van der Waals surface area contributed by atoms with E-state index in [9.17, 15) is 9.59 Å². The van der Waals surface area contributed by atoms with E-state index in [1.165, 1.54) is 9.80 Å². The normalized spacial score (nSPS) is 17.5. The Kier molecular flexibility index (Phi) is 5.16. The number of benzene rings is 1. The molecule has 1 aliphatic rings. The molecule has 1 aromatic carbocycles. The minimum Gasteiger partial charge on any atom is -0.480 e. The lowest BCUT2D eigenvalue weighted by Crippen LogP contribution is -2.46. The summed E-state index contributed by atoms with van der Waals surface area (Å²) in [5, 5.41) is 9.02. The molecule has 0 radical (unpaired) electrons. The number of carbonyl (C=O) groups excluding carboxylic acids is 1. The van der Waals surface area contributed by atoms with E-state index in [-0.39, 0.29) is 18.7 Å². The lowest BCUT2D eigenvalue weighted by molar-refractivity contribution is -0.135. The summed E-state index contributed by atoms with van der Waals surface area (Å²) >= 11 is 0. The average molecular weight is 292 g/mol. The predicted molar refractivity (Wildman–Crippen MR) is 78.4 cm³/mol. The second-order valence-corrected chi connectivity index (χ2v) is 5.11. The fourth-order valence-electron chi connectivity index (χ4n) is 2.39. The largest absolute Gasteiger partial charge is 0.480 e. The van der Waals surface area contributed by atoms with Crippen molar-refractivity contribution in [3.8, 4) is 0 Å². The number of amides is 2. The van der Waals surface area contributed by atoms with E-state index >= 15 is 0 Å². The van der Waals surface area contributed by atoms with Crippen LogP contribution in [0.1, 0.15) is 12.8 Å². The average Bonchev–Trinajstić information content (AvgIpc) is 2.97. The molecule has 0 aromatic heterocycles. The monoisotopic (exact) mass is 292 g/mol. The zero-order chi connectivity index (χ0) is 15.2. The van der Waals surface area contributed by atoms with Gasteiger partial charge in [-0.3, -0.25) is 9.69 Å². The maximum atomic E-state index is 12.5. The predicted octanol–water partition coefficient (Wildman–Crippen LogP) is 1.81. The van der Waals surface area contributed by atoms with E-state index in [2.05, 4.69) is 0 Å². The summed E-state index contributed by atoms with van der Waals surface area (Å²) in [4.78, 5) is 26.3. The van der Waals surface area contributed by atoms with Crippen LogP contribution in [0, 0.1) is 0 Å². The topological polar surface area (TPSA) is 70.1 Å². The number of anilines is 1. The highest BCUT2D eigenvalue weighted by molar-refractivity contribution is 5.96. The van der Waals surface area contributed by atoms with E-state index in [4.69, 9.17) is 9.84 Å². The molecule has 0 saturated carbocycles. The van der Waals surface area contributed by atoms with Crippen LogP contribution in [-0.2, 0) is 9.53 Å². The Morgan fingerprint density at radius 1 is 1.33 bits per heavy atom. The highest BCUT2D eigenvalue weighted by Crippen LogP contribution is 2.17. The summed E-state index contributed by atoms with van der Waals surface area (Å²) in [5.41, 5.74) is 0.573. The number of para-hydroxylation sites is 1. The number of likely N-dealkylation sites (N-methyl/N-ethyl adjacent to an activating group) is 1. The molecule has 0 aliphatic carbocycles. The summed E-state index contributed by atoms with van der Waals surface area (Å²) in [7, 11) is 1.67. The van der Waals surface area contributed by atoms with Gasteiger partial charge in [-0.25, -0.2) is 4.79 Å². The smallest absolute Gasteiger partial charge is 0.324 e. The number of urea groups is 1. The third kappa shape index (κ3) is 4.19. The maximum absolute atomic E-state index is 12.5. The Hall–Kier alpha value is -2.08. The van der Waals surface area contributed by atoms with Crippen LogP contribution in [0.3, 0.4) is 0 Å². The first kappa shape index (κ1) is 15.3. The van der Waals surface area contributed by atoms with Crippen LogP contribution >= 0.6 is 0 Å². The minimum absolute atomic E-state index is 0.0430. The second kappa shape index (κ2) is 7.08. The molecule has 21 heavy (non-hydrogen) atoms. The van der Waals surface area contributed by atoms with Crippen LogP contribution in [0.5, 0.6) is 0 Å². The molecule has 6 nitrogen and oxygen atoms in total. The van der Waals surface area contributed by atoms with Crippen molar-refractivity contribution in [2.75, 3.05) is 31.6 Å². The molecule has 0 bridgehead atoms. The number of ether oxygens (including phenoxy) is 1. The van der Waals surface area contributed by atoms with Gasteiger partial charge in [-0.1, -0.05) is 18.2 Å². The molecule has 1 heterocycles. The molecular weight excluding hydrogens is 272 g/mol. The number of aliphatic carboxylic acids is 1. The van der Waals surface area contributed by atoms with Gasteiger partial charge >= 0.3 is 12.0 Å². The molecule has 1 fully saturated rings. The Bertz CT molecular complexity index is 486. The van der Waals surface area contributed by atoms with Crippen molar-refractivity contribution in [3.05, 3.63) is 30.3 Å². The third-order valence-electron chi connectivity index (χ3n) is 3.42. The van der Waals surface area contributed by atoms with Gasteiger partial charge in [0.05, 0.1) is 6.10 Å². The summed E-state index contributed by atoms with van der Waals surface area (Å²) in [6, 6.07) is 8.48.